The number of rotatable bonds is 3. The second-order valence-corrected chi connectivity index (χ2v) is 5.82. The van der Waals surface area contributed by atoms with Crippen molar-refractivity contribution in [2.45, 2.75) is 39.0 Å². The van der Waals surface area contributed by atoms with Crippen molar-refractivity contribution in [3.63, 3.8) is 0 Å². The highest BCUT2D eigenvalue weighted by atomic mass is 16.3. The van der Waals surface area contributed by atoms with Gasteiger partial charge in [-0.25, -0.2) is 0 Å². The van der Waals surface area contributed by atoms with Crippen LogP contribution >= 0.6 is 0 Å². The summed E-state index contributed by atoms with van der Waals surface area (Å²) < 4.78 is 0. The lowest BCUT2D eigenvalue weighted by Crippen LogP contribution is -2.21. The molecule has 0 amide bonds. The Balaban J connectivity index is 1.81. The molecule has 21 heavy (non-hydrogen) atoms. The number of aliphatic hydroxyl groups excluding tert-OH is 1. The minimum Gasteiger partial charge on any atom is -0.510 e. The summed E-state index contributed by atoms with van der Waals surface area (Å²) in [6, 6.07) is 7.76. The molecule has 1 fully saturated rings. The number of allylic oxidation sites excluding steroid dienone is 2. The van der Waals surface area contributed by atoms with Gasteiger partial charge in [-0.05, 0) is 37.0 Å². The van der Waals surface area contributed by atoms with Gasteiger partial charge in [0.1, 0.15) is 5.76 Å². The second-order valence-electron chi connectivity index (χ2n) is 5.82. The fraction of sp³-hybridized carbons (Fsp3) is 0.471. The number of hydrogen-bond acceptors (Lipinski definition) is 4. The zero-order chi connectivity index (χ0) is 14.8. The van der Waals surface area contributed by atoms with Gasteiger partial charge in [0.15, 0.2) is 11.5 Å². The van der Waals surface area contributed by atoms with Crippen LogP contribution in [0.4, 0.5) is 5.69 Å². The SMILES string of the molecule is CCc1ccc(N=NC2=C(O)C3CCCCC3C2=O)cc1. The summed E-state index contributed by atoms with van der Waals surface area (Å²) in [6.45, 7) is 2.10. The molecule has 2 atom stereocenters. The average Bonchev–Trinajstić information content (AvgIpc) is 2.78. The van der Waals surface area contributed by atoms with Crippen molar-refractivity contribution in [1.82, 2.24) is 0 Å². The summed E-state index contributed by atoms with van der Waals surface area (Å²) in [5.41, 5.74) is 2.11. The molecule has 1 aromatic carbocycles. The van der Waals surface area contributed by atoms with Crippen LogP contribution in [0.5, 0.6) is 0 Å². The third kappa shape index (κ3) is 2.62. The number of nitrogens with zero attached hydrogens (tertiary/aromatic N) is 2. The molecule has 2 aliphatic rings. The van der Waals surface area contributed by atoms with Crippen LogP contribution in [-0.2, 0) is 11.2 Å². The van der Waals surface area contributed by atoms with Gasteiger partial charge in [0, 0.05) is 11.8 Å². The molecular weight excluding hydrogens is 264 g/mol. The Hall–Kier alpha value is -1.97. The maximum atomic E-state index is 12.3. The van der Waals surface area contributed by atoms with Crippen LogP contribution in [0.15, 0.2) is 46.0 Å². The van der Waals surface area contributed by atoms with Crippen molar-refractivity contribution in [2.24, 2.45) is 22.1 Å². The molecule has 0 aliphatic heterocycles. The lowest BCUT2D eigenvalue weighted by atomic mass is 9.80. The summed E-state index contributed by atoms with van der Waals surface area (Å²) in [5.74, 6) is 0.0163. The van der Waals surface area contributed by atoms with Crippen LogP contribution < -0.4 is 0 Å². The topological polar surface area (TPSA) is 62.0 Å². The number of azo groups is 1. The maximum absolute atomic E-state index is 12.3. The Bertz CT molecular complexity index is 602. The Labute approximate surface area is 124 Å². The molecule has 2 unspecified atom stereocenters. The van der Waals surface area contributed by atoms with Crippen LogP contribution in [0, 0.1) is 11.8 Å². The van der Waals surface area contributed by atoms with Crippen molar-refractivity contribution in [3.8, 4) is 0 Å². The number of hydrogen-bond donors (Lipinski definition) is 1. The molecule has 1 N–H and O–H groups in total. The van der Waals surface area contributed by atoms with E-state index in [4.69, 9.17) is 0 Å². The molecule has 0 spiro atoms. The molecule has 4 nitrogen and oxygen atoms in total. The van der Waals surface area contributed by atoms with Crippen molar-refractivity contribution in [3.05, 3.63) is 41.3 Å². The number of carbonyl (C=O) groups excluding carboxylic acids is 1. The van der Waals surface area contributed by atoms with Gasteiger partial charge in [0.05, 0.1) is 5.69 Å². The summed E-state index contributed by atoms with van der Waals surface area (Å²) in [7, 11) is 0. The van der Waals surface area contributed by atoms with E-state index in [1.54, 1.807) is 0 Å². The van der Waals surface area contributed by atoms with Crippen molar-refractivity contribution >= 4 is 11.5 Å². The normalized spacial score (nSPS) is 25.7. The van der Waals surface area contributed by atoms with Crippen molar-refractivity contribution in [2.75, 3.05) is 0 Å². The third-order valence-corrected chi connectivity index (χ3v) is 4.54. The number of aryl methyl sites for hydroxylation is 1. The first kappa shape index (κ1) is 14.0. The predicted octanol–water partition coefficient (Wildman–Crippen LogP) is 4.49. The van der Waals surface area contributed by atoms with Crippen LogP contribution in [0.2, 0.25) is 0 Å². The summed E-state index contributed by atoms with van der Waals surface area (Å²) >= 11 is 0. The number of Topliss-reactive ketones (excluding diaryl/α,β-unsaturated/α-hetero) is 1. The molecule has 4 heteroatoms. The van der Waals surface area contributed by atoms with Crippen LogP contribution in [0.25, 0.3) is 0 Å². The lowest BCUT2D eigenvalue weighted by Gasteiger charge is -2.23. The molecule has 1 aromatic rings. The van der Waals surface area contributed by atoms with E-state index in [9.17, 15) is 9.90 Å². The van der Waals surface area contributed by atoms with Gasteiger partial charge in [-0.15, -0.1) is 5.11 Å². The van der Waals surface area contributed by atoms with E-state index in [1.165, 1.54) is 5.56 Å². The molecule has 0 heterocycles. The lowest BCUT2D eigenvalue weighted by molar-refractivity contribution is -0.120. The fourth-order valence-electron chi connectivity index (χ4n) is 3.26. The van der Waals surface area contributed by atoms with E-state index in [-0.39, 0.29) is 29.1 Å². The van der Waals surface area contributed by atoms with Gasteiger partial charge in [0.25, 0.3) is 0 Å². The quantitative estimate of drug-likeness (QED) is 0.831. The van der Waals surface area contributed by atoms with Crippen LogP contribution in [-0.4, -0.2) is 10.9 Å². The van der Waals surface area contributed by atoms with E-state index in [0.29, 0.717) is 5.69 Å². The highest BCUT2D eigenvalue weighted by Crippen LogP contribution is 2.43. The molecule has 0 saturated heterocycles. The fourth-order valence-corrected chi connectivity index (χ4v) is 3.26. The van der Waals surface area contributed by atoms with Gasteiger partial charge < -0.3 is 5.11 Å². The summed E-state index contributed by atoms with van der Waals surface area (Å²) in [4.78, 5) is 12.3. The van der Waals surface area contributed by atoms with Crippen LogP contribution in [0.1, 0.15) is 38.2 Å². The second kappa shape index (κ2) is 5.80. The highest BCUT2D eigenvalue weighted by Gasteiger charge is 2.43. The van der Waals surface area contributed by atoms with Crippen molar-refractivity contribution < 1.29 is 9.90 Å². The summed E-state index contributed by atoms with van der Waals surface area (Å²) in [5, 5.41) is 18.4. The van der Waals surface area contributed by atoms with E-state index in [2.05, 4.69) is 17.2 Å². The molecule has 3 rings (SSSR count). The van der Waals surface area contributed by atoms with Gasteiger partial charge in [-0.3, -0.25) is 4.79 Å². The molecule has 2 aliphatic carbocycles. The first-order valence-corrected chi connectivity index (χ1v) is 7.68. The summed E-state index contributed by atoms with van der Waals surface area (Å²) in [6.07, 6.45) is 4.85. The maximum Gasteiger partial charge on any atom is 0.190 e. The Morgan fingerprint density at radius 1 is 1.10 bits per heavy atom. The van der Waals surface area contributed by atoms with Crippen LogP contribution in [0.3, 0.4) is 0 Å². The number of aliphatic hydroxyl groups is 1. The Kier molecular flexibility index (Phi) is 3.86. The zero-order valence-corrected chi connectivity index (χ0v) is 12.2. The van der Waals surface area contributed by atoms with Gasteiger partial charge in [0.2, 0.25) is 0 Å². The molecule has 1 saturated carbocycles. The molecule has 0 radical (unpaired) electrons. The number of fused-ring (bicyclic) bond motifs is 1. The molecule has 0 bridgehead atoms. The van der Waals surface area contributed by atoms with Crippen molar-refractivity contribution in [1.29, 1.82) is 0 Å². The smallest absolute Gasteiger partial charge is 0.190 e. The minimum absolute atomic E-state index is 0.0253. The first-order valence-electron chi connectivity index (χ1n) is 7.68. The highest BCUT2D eigenvalue weighted by molar-refractivity contribution is 6.00. The first-order chi connectivity index (χ1) is 10.2. The Morgan fingerprint density at radius 2 is 1.76 bits per heavy atom. The number of benzene rings is 1. The monoisotopic (exact) mass is 284 g/mol. The van der Waals surface area contributed by atoms with E-state index in [0.717, 1.165) is 32.1 Å². The Morgan fingerprint density at radius 3 is 2.38 bits per heavy atom. The average molecular weight is 284 g/mol. The third-order valence-electron chi connectivity index (χ3n) is 4.54. The molecular formula is C17H20N2O2. The zero-order valence-electron chi connectivity index (χ0n) is 12.2. The van der Waals surface area contributed by atoms with Gasteiger partial charge >= 0.3 is 0 Å². The number of carbonyl (C=O) groups is 1. The standard InChI is InChI=1S/C17H20N2O2/c1-2-11-7-9-12(10-8-11)18-19-15-16(20)13-5-3-4-6-14(13)17(15)21/h7-10,13-14,20H,2-6H2,1H3. The van der Waals surface area contributed by atoms with E-state index >= 15 is 0 Å². The number of ketones is 1. The molecule has 110 valence electrons. The largest absolute Gasteiger partial charge is 0.510 e. The predicted molar refractivity (Wildman–Crippen MR) is 80.4 cm³/mol. The van der Waals surface area contributed by atoms with E-state index < -0.39 is 0 Å². The van der Waals surface area contributed by atoms with E-state index in [1.807, 2.05) is 24.3 Å². The minimum atomic E-state index is -0.0739. The van der Waals surface area contributed by atoms with Gasteiger partial charge in [-0.2, -0.15) is 5.11 Å². The molecule has 0 aromatic heterocycles. The van der Waals surface area contributed by atoms with Gasteiger partial charge in [-0.1, -0.05) is 31.9 Å².